The fraction of sp³-hybridized carbons (Fsp3) is 0.200. The molecular formula is C25H21FN2O6S. The number of fused-ring (bicyclic) bond motifs is 2. The van der Waals surface area contributed by atoms with Gasteiger partial charge in [0.15, 0.2) is 21.3 Å². The minimum absolute atomic E-state index is 0.0279. The second-order valence-electron chi connectivity index (χ2n) is 8.20. The first-order valence-electron chi connectivity index (χ1n) is 10.9. The zero-order chi connectivity index (χ0) is 24.6. The Morgan fingerprint density at radius 1 is 1.03 bits per heavy atom. The molecule has 8 nitrogen and oxygen atoms in total. The molecule has 0 bridgehead atoms. The molecular weight excluding hydrogens is 475 g/mol. The Balaban J connectivity index is 1.43. The van der Waals surface area contributed by atoms with Crippen LogP contribution in [0, 0.1) is 5.82 Å². The van der Waals surface area contributed by atoms with Crippen LogP contribution in [0.5, 0.6) is 11.5 Å². The quantitative estimate of drug-likeness (QED) is 0.583. The van der Waals surface area contributed by atoms with Crippen molar-refractivity contribution in [2.75, 3.05) is 18.2 Å². The lowest BCUT2D eigenvalue weighted by molar-refractivity contribution is -0.124. The molecule has 3 aromatic carbocycles. The Morgan fingerprint density at radius 2 is 1.77 bits per heavy atom. The monoisotopic (exact) mass is 496 g/mol. The van der Waals surface area contributed by atoms with Crippen LogP contribution in [0.4, 0.5) is 10.1 Å². The van der Waals surface area contributed by atoms with Gasteiger partial charge >= 0.3 is 0 Å². The Hall–Kier alpha value is -3.92. The van der Waals surface area contributed by atoms with E-state index in [1.54, 1.807) is 42.5 Å². The van der Waals surface area contributed by atoms with Crippen LogP contribution in [-0.2, 0) is 26.0 Å². The summed E-state index contributed by atoms with van der Waals surface area (Å²) in [6.45, 7) is -0.180. The zero-order valence-electron chi connectivity index (χ0n) is 18.4. The lowest BCUT2D eigenvalue weighted by Crippen LogP contribution is -2.40. The number of para-hydroxylation sites is 1. The van der Waals surface area contributed by atoms with Gasteiger partial charge in [-0.3, -0.25) is 9.59 Å². The number of benzene rings is 3. The number of hydrogen-bond acceptors (Lipinski definition) is 6. The molecule has 10 heteroatoms. The van der Waals surface area contributed by atoms with E-state index < -0.39 is 26.9 Å². The molecule has 0 saturated heterocycles. The number of nitrogens with one attached hydrogen (secondary N) is 1. The van der Waals surface area contributed by atoms with E-state index in [4.69, 9.17) is 9.47 Å². The normalized spacial score (nSPS) is 18.0. The van der Waals surface area contributed by atoms with Crippen LogP contribution < -0.4 is 19.7 Å². The molecule has 0 aliphatic carbocycles. The third-order valence-electron chi connectivity index (χ3n) is 5.97. The summed E-state index contributed by atoms with van der Waals surface area (Å²) in [6.07, 6.45) is -0.345. The molecule has 0 aromatic heterocycles. The van der Waals surface area contributed by atoms with E-state index in [9.17, 15) is 22.4 Å². The predicted molar refractivity (Wildman–Crippen MR) is 124 cm³/mol. The standard InChI is InChI=1S/C25H21FN2O6S/c26-18-8-5-16(6-9-18)13-27-24(29)14-28-19-3-1-2-4-22(19)35(31,32)23(12-25(28)30)17-7-10-20-21(11-17)34-15-33-20/h1-11,23H,12-15H2,(H,27,29). The van der Waals surface area contributed by atoms with Crippen LogP contribution in [0.15, 0.2) is 71.6 Å². The van der Waals surface area contributed by atoms with Crippen molar-refractivity contribution < 1.29 is 31.9 Å². The van der Waals surface area contributed by atoms with Crippen LogP contribution in [0.3, 0.4) is 0 Å². The van der Waals surface area contributed by atoms with Gasteiger partial charge in [0.1, 0.15) is 12.4 Å². The van der Waals surface area contributed by atoms with Crippen LogP contribution in [0.25, 0.3) is 0 Å². The number of amides is 2. The second kappa shape index (κ2) is 9.03. The van der Waals surface area contributed by atoms with Gasteiger partial charge in [-0.1, -0.05) is 30.3 Å². The summed E-state index contributed by atoms with van der Waals surface area (Å²) in [7, 11) is -3.98. The minimum atomic E-state index is -3.98. The molecule has 2 heterocycles. The van der Waals surface area contributed by atoms with Gasteiger partial charge in [0, 0.05) is 13.0 Å². The number of nitrogens with zero attached hydrogens (tertiary/aromatic N) is 1. The van der Waals surface area contributed by atoms with Gasteiger partial charge in [-0.25, -0.2) is 12.8 Å². The first kappa shape index (κ1) is 22.9. The lowest BCUT2D eigenvalue weighted by Gasteiger charge is -2.21. The molecule has 0 fully saturated rings. The van der Waals surface area contributed by atoms with Gasteiger partial charge in [-0.2, -0.15) is 0 Å². The molecule has 0 spiro atoms. The lowest BCUT2D eigenvalue weighted by atomic mass is 10.1. The zero-order valence-corrected chi connectivity index (χ0v) is 19.3. The fourth-order valence-electron chi connectivity index (χ4n) is 4.17. The van der Waals surface area contributed by atoms with Gasteiger partial charge in [0.25, 0.3) is 0 Å². The number of rotatable bonds is 5. The van der Waals surface area contributed by atoms with Gasteiger partial charge < -0.3 is 19.7 Å². The minimum Gasteiger partial charge on any atom is -0.454 e. The molecule has 5 rings (SSSR count). The van der Waals surface area contributed by atoms with Crippen molar-refractivity contribution >= 4 is 27.3 Å². The Kier molecular flexibility index (Phi) is 5.89. The van der Waals surface area contributed by atoms with Crippen molar-refractivity contribution in [3.8, 4) is 11.5 Å². The number of hydrogen-bond donors (Lipinski definition) is 1. The van der Waals surface area contributed by atoms with Crippen molar-refractivity contribution in [2.24, 2.45) is 0 Å². The largest absolute Gasteiger partial charge is 0.454 e. The van der Waals surface area contributed by atoms with Crippen LogP contribution in [0.2, 0.25) is 0 Å². The molecule has 0 saturated carbocycles. The molecule has 2 aliphatic rings. The maximum atomic E-state index is 13.7. The third kappa shape index (κ3) is 4.44. The highest BCUT2D eigenvalue weighted by Gasteiger charge is 2.40. The molecule has 180 valence electrons. The summed E-state index contributed by atoms with van der Waals surface area (Å²) in [5.41, 5.74) is 1.24. The summed E-state index contributed by atoms with van der Waals surface area (Å²) in [5.74, 6) is -0.440. The van der Waals surface area contributed by atoms with E-state index in [0.29, 0.717) is 22.6 Å². The maximum Gasteiger partial charge on any atom is 0.240 e. The van der Waals surface area contributed by atoms with E-state index >= 15 is 0 Å². The van der Waals surface area contributed by atoms with Crippen molar-refractivity contribution in [1.82, 2.24) is 5.32 Å². The number of halogens is 1. The van der Waals surface area contributed by atoms with Gasteiger partial charge in [0.05, 0.1) is 15.8 Å². The molecule has 1 atom stereocenters. The number of carbonyl (C=O) groups is 2. The number of sulfone groups is 1. The summed E-state index contributed by atoms with van der Waals surface area (Å²) in [6, 6.07) is 16.6. The molecule has 2 aliphatic heterocycles. The van der Waals surface area contributed by atoms with Crippen LogP contribution in [-0.4, -0.2) is 33.6 Å². The first-order chi connectivity index (χ1) is 16.8. The smallest absolute Gasteiger partial charge is 0.240 e. The van der Waals surface area contributed by atoms with Crippen LogP contribution >= 0.6 is 0 Å². The second-order valence-corrected chi connectivity index (χ2v) is 10.3. The average molecular weight is 497 g/mol. The Bertz CT molecular complexity index is 1410. The van der Waals surface area contributed by atoms with Crippen molar-refractivity contribution in [3.63, 3.8) is 0 Å². The summed E-state index contributed by atoms with van der Waals surface area (Å²) in [5, 5.41) is 1.54. The van der Waals surface area contributed by atoms with E-state index in [0.717, 1.165) is 0 Å². The van der Waals surface area contributed by atoms with Crippen molar-refractivity contribution in [2.45, 2.75) is 23.1 Å². The highest BCUT2D eigenvalue weighted by atomic mass is 32.2. The van der Waals surface area contributed by atoms with E-state index in [1.807, 2.05) is 0 Å². The van der Waals surface area contributed by atoms with E-state index in [2.05, 4.69) is 5.32 Å². The Morgan fingerprint density at radius 3 is 2.57 bits per heavy atom. The molecule has 1 N–H and O–H groups in total. The molecule has 2 amide bonds. The topological polar surface area (TPSA) is 102 Å². The van der Waals surface area contributed by atoms with E-state index in [-0.39, 0.29) is 42.7 Å². The number of anilines is 1. The van der Waals surface area contributed by atoms with Gasteiger partial charge in [-0.05, 0) is 47.5 Å². The average Bonchev–Trinajstić information content (AvgIpc) is 3.30. The van der Waals surface area contributed by atoms with Gasteiger partial charge in [-0.15, -0.1) is 0 Å². The summed E-state index contributed by atoms with van der Waals surface area (Å²) < 4.78 is 51.1. The molecule has 35 heavy (non-hydrogen) atoms. The SMILES string of the molecule is O=C(CN1C(=O)CC(c2ccc3c(c2)OCO3)S(=O)(=O)c2ccccc21)NCc1ccc(F)cc1. The highest BCUT2D eigenvalue weighted by Crippen LogP contribution is 2.43. The summed E-state index contributed by atoms with van der Waals surface area (Å²) in [4.78, 5) is 27.2. The molecule has 1 unspecified atom stereocenters. The van der Waals surface area contributed by atoms with Crippen molar-refractivity contribution in [1.29, 1.82) is 0 Å². The molecule has 0 radical (unpaired) electrons. The Labute approximate surface area is 201 Å². The summed E-state index contributed by atoms with van der Waals surface area (Å²) >= 11 is 0. The first-order valence-corrected chi connectivity index (χ1v) is 12.4. The number of ether oxygens (including phenoxy) is 2. The maximum absolute atomic E-state index is 13.7. The molecule has 3 aromatic rings. The van der Waals surface area contributed by atoms with Crippen molar-refractivity contribution in [3.05, 3.63) is 83.7 Å². The fourth-order valence-corrected chi connectivity index (χ4v) is 6.08. The van der Waals surface area contributed by atoms with E-state index in [1.165, 1.54) is 29.2 Å². The van der Waals surface area contributed by atoms with Gasteiger partial charge in [0.2, 0.25) is 18.6 Å². The third-order valence-corrected chi connectivity index (χ3v) is 8.12. The number of carbonyl (C=O) groups excluding carboxylic acids is 2. The predicted octanol–water partition coefficient (Wildman–Crippen LogP) is 3.12. The highest BCUT2D eigenvalue weighted by molar-refractivity contribution is 7.92. The van der Waals surface area contributed by atoms with Crippen LogP contribution in [0.1, 0.15) is 22.8 Å².